The molecule has 3 heteroatoms. The first-order valence-electron chi connectivity index (χ1n) is 6.46. The van der Waals surface area contributed by atoms with E-state index in [2.05, 4.69) is 0 Å². The SMILES string of the molecule is CC(=O)c1cc2c(=O)c3cc(C)ccc3oc2cc1C. The first kappa shape index (κ1) is 12.6. The molecule has 0 amide bonds. The van der Waals surface area contributed by atoms with Crippen LogP contribution in [0.2, 0.25) is 0 Å². The first-order valence-corrected chi connectivity index (χ1v) is 6.46. The van der Waals surface area contributed by atoms with Crippen LogP contribution in [0, 0.1) is 13.8 Å². The van der Waals surface area contributed by atoms with Gasteiger partial charge in [-0.25, -0.2) is 0 Å². The molecule has 1 heterocycles. The second-order valence-electron chi connectivity index (χ2n) is 5.15. The van der Waals surface area contributed by atoms with Crippen molar-refractivity contribution in [1.82, 2.24) is 0 Å². The number of ketones is 1. The van der Waals surface area contributed by atoms with Gasteiger partial charge in [0.2, 0.25) is 5.43 Å². The molecule has 0 spiro atoms. The van der Waals surface area contributed by atoms with Crippen LogP contribution in [0.25, 0.3) is 21.9 Å². The molecule has 0 fully saturated rings. The second kappa shape index (κ2) is 4.30. The van der Waals surface area contributed by atoms with Gasteiger partial charge in [0.1, 0.15) is 11.2 Å². The van der Waals surface area contributed by atoms with E-state index in [-0.39, 0.29) is 11.2 Å². The highest BCUT2D eigenvalue weighted by molar-refractivity contribution is 6.00. The lowest BCUT2D eigenvalue weighted by molar-refractivity contribution is 0.101. The van der Waals surface area contributed by atoms with Crippen LogP contribution >= 0.6 is 0 Å². The summed E-state index contributed by atoms with van der Waals surface area (Å²) in [5, 5.41) is 1.01. The van der Waals surface area contributed by atoms with Gasteiger partial charge in [-0.2, -0.15) is 0 Å². The first-order chi connectivity index (χ1) is 9.47. The number of benzene rings is 2. The summed E-state index contributed by atoms with van der Waals surface area (Å²) < 4.78 is 5.79. The molecule has 0 radical (unpaired) electrons. The molecule has 0 aliphatic heterocycles. The van der Waals surface area contributed by atoms with Gasteiger partial charge in [0.25, 0.3) is 0 Å². The number of aryl methyl sites for hydroxylation is 2. The summed E-state index contributed by atoms with van der Waals surface area (Å²) in [6.07, 6.45) is 0. The van der Waals surface area contributed by atoms with Gasteiger partial charge in [-0.3, -0.25) is 9.59 Å². The zero-order chi connectivity index (χ0) is 14.4. The van der Waals surface area contributed by atoms with E-state index in [4.69, 9.17) is 4.42 Å². The van der Waals surface area contributed by atoms with E-state index >= 15 is 0 Å². The number of carbonyl (C=O) groups excluding carboxylic acids is 1. The summed E-state index contributed by atoms with van der Waals surface area (Å²) >= 11 is 0. The summed E-state index contributed by atoms with van der Waals surface area (Å²) in [4.78, 5) is 24.2. The van der Waals surface area contributed by atoms with Crippen LogP contribution in [0.4, 0.5) is 0 Å². The van der Waals surface area contributed by atoms with Crippen LogP contribution in [0.3, 0.4) is 0 Å². The Labute approximate surface area is 115 Å². The molecular formula is C17H14O3. The monoisotopic (exact) mass is 266 g/mol. The number of Topliss-reactive ketones (excluding diaryl/α,β-unsaturated/α-hetero) is 1. The summed E-state index contributed by atoms with van der Waals surface area (Å²) in [6.45, 7) is 5.27. The van der Waals surface area contributed by atoms with Gasteiger partial charge in [0.15, 0.2) is 5.78 Å². The zero-order valence-electron chi connectivity index (χ0n) is 11.6. The lowest BCUT2D eigenvalue weighted by Gasteiger charge is -2.06. The molecule has 3 aromatic rings. The molecule has 0 saturated heterocycles. The fourth-order valence-corrected chi connectivity index (χ4v) is 2.50. The molecule has 0 unspecified atom stereocenters. The number of fused-ring (bicyclic) bond motifs is 2. The van der Waals surface area contributed by atoms with Crippen LogP contribution in [0.15, 0.2) is 39.5 Å². The Bertz CT molecular complexity index is 917. The zero-order valence-corrected chi connectivity index (χ0v) is 11.6. The Balaban J connectivity index is 2.51. The molecular weight excluding hydrogens is 252 g/mol. The van der Waals surface area contributed by atoms with E-state index in [1.54, 1.807) is 18.2 Å². The molecule has 3 rings (SSSR count). The van der Waals surface area contributed by atoms with E-state index in [1.807, 2.05) is 26.0 Å². The van der Waals surface area contributed by atoms with Gasteiger partial charge < -0.3 is 4.42 Å². The lowest BCUT2D eigenvalue weighted by Crippen LogP contribution is -2.05. The fraction of sp³-hybridized carbons (Fsp3) is 0.176. The molecule has 0 aliphatic rings. The Hall–Kier alpha value is -2.42. The second-order valence-corrected chi connectivity index (χ2v) is 5.15. The van der Waals surface area contributed by atoms with Crippen LogP contribution < -0.4 is 5.43 Å². The molecule has 0 saturated carbocycles. The highest BCUT2D eigenvalue weighted by Gasteiger charge is 2.12. The lowest BCUT2D eigenvalue weighted by atomic mass is 10.0. The van der Waals surface area contributed by atoms with Gasteiger partial charge >= 0.3 is 0 Å². The molecule has 3 nitrogen and oxygen atoms in total. The standard InChI is InChI=1S/C17H14O3/c1-9-4-5-15-13(6-9)17(19)14-8-12(11(3)18)10(2)7-16(14)20-15/h4-8H,1-3H3. The average molecular weight is 266 g/mol. The summed E-state index contributed by atoms with van der Waals surface area (Å²) in [7, 11) is 0. The van der Waals surface area contributed by atoms with Gasteiger partial charge in [-0.15, -0.1) is 0 Å². The molecule has 0 N–H and O–H groups in total. The van der Waals surface area contributed by atoms with Gasteiger partial charge in [-0.05, 0) is 50.6 Å². The van der Waals surface area contributed by atoms with Crippen molar-refractivity contribution in [3.63, 3.8) is 0 Å². The highest BCUT2D eigenvalue weighted by atomic mass is 16.3. The smallest absolute Gasteiger partial charge is 0.200 e. The summed E-state index contributed by atoms with van der Waals surface area (Å²) in [5.41, 5.74) is 3.39. The van der Waals surface area contributed by atoms with Crippen molar-refractivity contribution >= 4 is 27.7 Å². The van der Waals surface area contributed by atoms with Crippen LogP contribution in [0.1, 0.15) is 28.4 Å². The van der Waals surface area contributed by atoms with E-state index < -0.39 is 0 Å². The maximum atomic E-state index is 12.6. The van der Waals surface area contributed by atoms with Gasteiger partial charge in [-0.1, -0.05) is 11.6 Å². The third kappa shape index (κ3) is 1.83. The molecule has 1 aromatic heterocycles. The van der Waals surface area contributed by atoms with Crippen molar-refractivity contribution in [2.75, 3.05) is 0 Å². The maximum absolute atomic E-state index is 12.6. The molecule has 2 aromatic carbocycles. The Kier molecular flexibility index (Phi) is 2.71. The normalized spacial score (nSPS) is 11.2. The summed E-state index contributed by atoms with van der Waals surface area (Å²) in [6, 6.07) is 8.93. The van der Waals surface area contributed by atoms with Gasteiger partial charge in [0.05, 0.1) is 10.8 Å². The van der Waals surface area contributed by atoms with Gasteiger partial charge in [0, 0.05) is 5.56 Å². The van der Waals surface area contributed by atoms with E-state index in [1.165, 1.54) is 6.92 Å². The predicted molar refractivity (Wildman–Crippen MR) is 79.5 cm³/mol. The molecule has 0 aliphatic carbocycles. The quantitative estimate of drug-likeness (QED) is 0.497. The third-order valence-corrected chi connectivity index (χ3v) is 3.55. The largest absolute Gasteiger partial charge is 0.456 e. The number of carbonyl (C=O) groups is 1. The Morgan fingerprint density at radius 3 is 2.40 bits per heavy atom. The fourth-order valence-electron chi connectivity index (χ4n) is 2.50. The number of hydrogen-bond acceptors (Lipinski definition) is 3. The Morgan fingerprint density at radius 2 is 1.70 bits per heavy atom. The minimum Gasteiger partial charge on any atom is -0.456 e. The van der Waals surface area contributed by atoms with Crippen molar-refractivity contribution in [2.45, 2.75) is 20.8 Å². The van der Waals surface area contributed by atoms with Crippen molar-refractivity contribution in [1.29, 1.82) is 0 Å². The van der Waals surface area contributed by atoms with Crippen molar-refractivity contribution < 1.29 is 9.21 Å². The van der Waals surface area contributed by atoms with Crippen LogP contribution in [-0.4, -0.2) is 5.78 Å². The number of hydrogen-bond donors (Lipinski definition) is 0. The third-order valence-electron chi connectivity index (χ3n) is 3.55. The highest BCUT2D eigenvalue weighted by Crippen LogP contribution is 2.23. The van der Waals surface area contributed by atoms with E-state index in [9.17, 15) is 9.59 Å². The molecule has 100 valence electrons. The van der Waals surface area contributed by atoms with E-state index in [0.29, 0.717) is 27.5 Å². The van der Waals surface area contributed by atoms with Crippen LogP contribution in [-0.2, 0) is 0 Å². The Morgan fingerprint density at radius 1 is 1.00 bits per heavy atom. The topological polar surface area (TPSA) is 47.3 Å². The molecule has 0 atom stereocenters. The van der Waals surface area contributed by atoms with Crippen LogP contribution in [0.5, 0.6) is 0 Å². The molecule has 20 heavy (non-hydrogen) atoms. The minimum atomic E-state index is -0.0903. The number of rotatable bonds is 1. The van der Waals surface area contributed by atoms with Crippen molar-refractivity contribution in [2.24, 2.45) is 0 Å². The molecule has 0 bridgehead atoms. The average Bonchev–Trinajstić information content (AvgIpc) is 2.39. The van der Waals surface area contributed by atoms with E-state index in [0.717, 1.165) is 11.1 Å². The minimum absolute atomic E-state index is 0.0480. The predicted octanol–water partition coefficient (Wildman–Crippen LogP) is 3.77. The van der Waals surface area contributed by atoms with Crippen molar-refractivity contribution in [3.8, 4) is 0 Å². The van der Waals surface area contributed by atoms with Crippen molar-refractivity contribution in [3.05, 3.63) is 57.2 Å². The summed E-state index contributed by atoms with van der Waals surface area (Å²) in [5.74, 6) is -0.0480. The maximum Gasteiger partial charge on any atom is 0.200 e.